The Bertz CT molecular complexity index is 408. The topological polar surface area (TPSA) is 27.1 Å². The number of hydrogen-bond donors (Lipinski definition) is 1. The zero-order valence-electron chi connectivity index (χ0n) is 11.0. The molecule has 0 radical (unpaired) electrons. The Hall–Kier alpha value is -1.31. The molecular weight excluding hydrogens is 220 g/mol. The molecule has 1 aliphatic heterocycles. The first-order chi connectivity index (χ1) is 8.79. The van der Waals surface area contributed by atoms with E-state index in [1.165, 1.54) is 38.5 Å². The van der Waals surface area contributed by atoms with Crippen molar-refractivity contribution in [1.82, 2.24) is 4.90 Å². The third-order valence-corrected chi connectivity index (χ3v) is 4.85. The Kier molecular flexibility index (Phi) is 3.11. The second-order valence-corrected chi connectivity index (χ2v) is 5.91. The number of nitrogens with zero attached hydrogens (tertiary/aromatic N) is 1. The minimum absolute atomic E-state index is 0.646. The molecule has 0 unspecified atom stereocenters. The first-order valence-electron chi connectivity index (χ1n) is 7.18. The van der Waals surface area contributed by atoms with Crippen molar-refractivity contribution in [3.63, 3.8) is 0 Å². The van der Waals surface area contributed by atoms with Crippen LogP contribution in [0.5, 0.6) is 0 Å². The van der Waals surface area contributed by atoms with Crippen LogP contribution in [0.15, 0.2) is 30.3 Å². The molecule has 1 spiro atoms. The molecule has 96 valence electrons. The van der Waals surface area contributed by atoms with Crippen molar-refractivity contribution in [2.24, 2.45) is 5.41 Å². The molecule has 3 rings (SSSR count). The van der Waals surface area contributed by atoms with E-state index in [-0.39, 0.29) is 0 Å². The molecule has 0 aromatic heterocycles. The Morgan fingerprint density at radius 1 is 0.944 bits per heavy atom. The van der Waals surface area contributed by atoms with E-state index in [0.717, 1.165) is 18.7 Å². The quantitative estimate of drug-likeness (QED) is 0.590. The summed E-state index contributed by atoms with van der Waals surface area (Å²) in [5.74, 6) is 0.712. The standard InChI is InChI=1S/C16H22N2/c17-15(14-6-2-1-3-7-14)18-12-10-16(11-13-18)8-4-5-9-16/h1-3,6-7,17H,4-5,8-13H2. The first-order valence-corrected chi connectivity index (χ1v) is 7.18. The van der Waals surface area contributed by atoms with Crippen LogP contribution in [0.3, 0.4) is 0 Å². The van der Waals surface area contributed by atoms with Crippen LogP contribution in [-0.2, 0) is 0 Å². The van der Waals surface area contributed by atoms with Gasteiger partial charge in [0.2, 0.25) is 0 Å². The molecule has 1 aromatic carbocycles. The molecule has 18 heavy (non-hydrogen) atoms. The van der Waals surface area contributed by atoms with Crippen molar-refractivity contribution in [2.45, 2.75) is 38.5 Å². The van der Waals surface area contributed by atoms with Crippen LogP contribution >= 0.6 is 0 Å². The molecule has 1 aliphatic carbocycles. The number of benzene rings is 1. The summed E-state index contributed by atoms with van der Waals surface area (Å²) in [7, 11) is 0. The number of amidine groups is 1. The zero-order chi connectivity index (χ0) is 12.4. The Labute approximate surface area is 110 Å². The largest absolute Gasteiger partial charge is 0.357 e. The highest BCUT2D eigenvalue weighted by Gasteiger charge is 2.37. The van der Waals surface area contributed by atoms with Gasteiger partial charge in [-0.1, -0.05) is 43.2 Å². The van der Waals surface area contributed by atoms with Crippen LogP contribution in [-0.4, -0.2) is 23.8 Å². The Morgan fingerprint density at radius 3 is 2.17 bits per heavy atom. The van der Waals surface area contributed by atoms with Gasteiger partial charge in [0.1, 0.15) is 5.84 Å². The van der Waals surface area contributed by atoms with E-state index in [9.17, 15) is 0 Å². The molecule has 0 atom stereocenters. The second kappa shape index (κ2) is 4.75. The summed E-state index contributed by atoms with van der Waals surface area (Å²) < 4.78 is 0. The molecular formula is C16H22N2. The lowest BCUT2D eigenvalue weighted by Crippen LogP contribution is -2.42. The molecule has 2 aliphatic rings. The van der Waals surface area contributed by atoms with E-state index < -0.39 is 0 Å². The molecule has 1 N–H and O–H groups in total. The van der Waals surface area contributed by atoms with Crippen LogP contribution in [0.4, 0.5) is 0 Å². The fraction of sp³-hybridized carbons (Fsp3) is 0.562. The van der Waals surface area contributed by atoms with Gasteiger partial charge in [0.15, 0.2) is 0 Å². The maximum Gasteiger partial charge on any atom is 0.128 e. The van der Waals surface area contributed by atoms with E-state index >= 15 is 0 Å². The lowest BCUT2D eigenvalue weighted by atomic mass is 9.77. The summed E-state index contributed by atoms with van der Waals surface area (Å²) in [5, 5.41) is 8.31. The molecule has 1 saturated heterocycles. The highest BCUT2D eigenvalue weighted by atomic mass is 15.2. The van der Waals surface area contributed by atoms with Crippen molar-refractivity contribution in [2.75, 3.05) is 13.1 Å². The van der Waals surface area contributed by atoms with Crippen LogP contribution in [0, 0.1) is 10.8 Å². The predicted molar refractivity (Wildman–Crippen MR) is 75.0 cm³/mol. The zero-order valence-corrected chi connectivity index (χ0v) is 11.0. The maximum absolute atomic E-state index is 8.31. The molecule has 0 amide bonds. The summed E-state index contributed by atoms with van der Waals surface area (Å²) in [4.78, 5) is 2.26. The van der Waals surface area contributed by atoms with Gasteiger partial charge in [-0.3, -0.25) is 5.41 Å². The van der Waals surface area contributed by atoms with Crippen molar-refractivity contribution in [1.29, 1.82) is 5.41 Å². The Morgan fingerprint density at radius 2 is 1.56 bits per heavy atom. The molecule has 2 nitrogen and oxygen atoms in total. The fourth-order valence-corrected chi connectivity index (χ4v) is 3.61. The fourth-order valence-electron chi connectivity index (χ4n) is 3.61. The van der Waals surface area contributed by atoms with E-state index in [1.54, 1.807) is 0 Å². The molecule has 1 aromatic rings. The van der Waals surface area contributed by atoms with Crippen LogP contribution in [0.25, 0.3) is 0 Å². The lowest BCUT2D eigenvalue weighted by Gasteiger charge is -2.40. The Balaban J connectivity index is 1.64. The molecule has 1 saturated carbocycles. The summed E-state index contributed by atoms with van der Waals surface area (Å²) in [6, 6.07) is 10.1. The highest BCUT2D eigenvalue weighted by Crippen LogP contribution is 2.46. The SMILES string of the molecule is N=C(c1ccccc1)N1CCC2(CCCC2)CC1. The highest BCUT2D eigenvalue weighted by molar-refractivity contribution is 5.96. The van der Waals surface area contributed by atoms with Gasteiger partial charge in [-0.05, 0) is 31.1 Å². The van der Waals surface area contributed by atoms with Crippen molar-refractivity contribution in [3.05, 3.63) is 35.9 Å². The summed E-state index contributed by atoms with van der Waals surface area (Å²) in [5.41, 5.74) is 1.70. The van der Waals surface area contributed by atoms with E-state index in [1.807, 2.05) is 30.3 Å². The number of hydrogen-bond acceptors (Lipinski definition) is 1. The molecule has 2 heteroatoms. The summed E-state index contributed by atoms with van der Waals surface area (Å²) >= 11 is 0. The molecule has 1 heterocycles. The van der Waals surface area contributed by atoms with Gasteiger partial charge in [0, 0.05) is 18.7 Å². The molecule has 2 fully saturated rings. The minimum atomic E-state index is 0.646. The average molecular weight is 242 g/mol. The minimum Gasteiger partial charge on any atom is -0.357 e. The van der Waals surface area contributed by atoms with Crippen molar-refractivity contribution >= 4 is 5.84 Å². The summed E-state index contributed by atoms with van der Waals surface area (Å²) in [6.45, 7) is 2.15. The van der Waals surface area contributed by atoms with Crippen LogP contribution in [0.2, 0.25) is 0 Å². The van der Waals surface area contributed by atoms with Gasteiger partial charge in [-0.25, -0.2) is 0 Å². The third-order valence-electron chi connectivity index (χ3n) is 4.85. The normalized spacial score (nSPS) is 22.3. The average Bonchev–Trinajstić information content (AvgIpc) is 2.88. The van der Waals surface area contributed by atoms with Gasteiger partial charge in [-0.15, -0.1) is 0 Å². The van der Waals surface area contributed by atoms with E-state index in [2.05, 4.69) is 4.90 Å². The van der Waals surface area contributed by atoms with Gasteiger partial charge < -0.3 is 4.90 Å². The van der Waals surface area contributed by atoms with Crippen LogP contribution < -0.4 is 0 Å². The smallest absolute Gasteiger partial charge is 0.128 e. The molecule has 0 bridgehead atoms. The second-order valence-electron chi connectivity index (χ2n) is 5.91. The van der Waals surface area contributed by atoms with E-state index in [4.69, 9.17) is 5.41 Å². The monoisotopic (exact) mass is 242 g/mol. The number of piperidine rings is 1. The van der Waals surface area contributed by atoms with E-state index in [0.29, 0.717) is 11.3 Å². The van der Waals surface area contributed by atoms with Gasteiger partial charge in [0.25, 0.3) is 0 Å². The number of likely N-dealkylation sites (tertiary alicyclic amines) is 1. The van der Waals surface area contributed by atoms with Gasteiger partial charge in [-0.2, -0.15) is 0 Å². The number of rotatable bonds is 1. The number of nitrogens with one attached hydrogen (secondary N) is 1. The van der Waals surface area contributed by atoms with Gasteiger partial charge in [0.05, 0.1) is 0 Å². The van der Waals surface area contributed by atoms with Gasteiger partial charge >= 0.3 is 0 Å². The third kappa shape index (κ3) is 2.16. The maximum atomic E-state index is 8.31. The lowest BCUT2D eigenvalue weighted by molar-refractivity contribution is 0.154. The van der Waals surface area contributed by atoms with Crippen molar-refractivity contribution < 1.29 is 0 Å². The predicted octanol–water partition coefficient (Wildman–Crippen LogP) is 3.67. The summed E-state index contributed by atoms with van der Waals surface area (Å²) in [6.07, 6.45) is 8.30. The van der Waals surface area contributed by atoms with Crippen LogP contribution in [0.1, 0.15) is 44.1 Å². The van der Waals surface area contributed by atoms with Crippen molar-refractivity contribution in [3.8, 4) is 0 Å². The first kappa shape index (κ1) is 11.8.